The summed E-state index contributed by atoms with van der Waals surface area (Å²) < 4.78 is 15.8. The Balaban J connectivity index is 1.67. The minimum atomic E-state index is -0.330. The van der Waals surface area contributed by atoms with E-state index in [0.29, 0.717) is 13.1 Å². The molecule has 1 saturated carbocycles. The quantitative estimate of drug-likeness (QED) is 0.515. The van der Waals surface area contributed by atoms with E-state index < -0.39 is 0 Å². The normalized spacial score (nSPS) is 16.2. The smallest absolute Gasteiger partial charge is 0.123 e. The number of allylic oxidation sites excluding steroid dienone is 1. The van der Waals surface area contributed by atoms with Crippen molar-refractivity contribution in [2.45, 2.75) is 64.1 Å². The fourth-order valence-electron chi connectivity index (χ4n) is 4.45. The molecule has 1 heterocycles. The Morgan fingerprint density at radius 1 is 1.21 bits per heavy atom. The monoisotopic (exact) mass is 398 g/mol. The number of aliphatic hydroxyl groups is 1. The summed E-state index contributed by atoms with van der Waals surface area (Å²) in [4.78, 5) is 2.42. The zero-order valence-electron chi connectivity index (χ0n) is 17.5. The lowest BCUT2D eigenvalue weighted by Gasteiger charge is -2.31. The molecule has 1 aliphatic carbocycles. The fourth-order valence-corrected chi connectivity index (χ4v) is 4.45. The molecule has 1 aromatic heterocycles. The van der Waals surface area contributed by atoms with Crippen molar-refractivity contribution < 1.29 is 9.50 Å². The van der Waals surface area contributed by atoms with Crippen LogP contribution in [0.1, 0.15) is 56.2 Å². The predicted octanol–water partition coefficient (Wildman–Crippen LogP) is 5.38. The predicted molar refractivity (Wildman–Crippen MR) is 117 cm³/mol. The number of hydrogen-bond donors (Lipinski definition) is 1. The van der Waals surface area contributed by atoms with Gasteiger partial charge in [-0.3, -0.25) is 4.90 Å². The third-order valence-electron chi connectivity index (χ3n) is 5.97. The number of nitrogens with zero attached hydrogens (tertiary/aromatic N) is 2. The van der Waals surface area contributed by atoms with E-state index >= 15 is 0 Å². The first-order valence-electron chi connectivity index (χ1n) is 11.0. The van der Waals surface area contributed by atoms with E-state index in [0.717, 1.165) is 37.4 Å². The molecule has 0 radical (unpaired) electrons. The number of benzene rings is 1. The van der Waals surface area contributed by atoms with Crippen LogP contribution < -0.4 is 0 Å². The number of aromatic nitrogens is 1. The summed E-state index contributed by atoms with van der Waals surface area (Å²) in [5.41, 5.74) is 2.17. The van der Waals surface area contributed by atoms with Gasteiger partial charge in [0.1, 0.15) is 5.82 Å². The van der Waals surface area contributed by atoms with Crippen molar-refractivity contribution in [2.75, 3.05) is 13.1 Å². The first kappa shape index (κ1) is 21.8. The molecule has 0 bridgehead atoms. The van der Waals surface area contributed by atoms with Crippen molar-refractivity contribution >= 4 is 0 Å². The third kappa shape index (κ3) is 7.13. The molecule has 0 aliphatic heterocycles. The summed E-state index contributed by atoms with van der Waals surface area (Å²) in [7, 11) is 0. The van der Waals surface area contributed by atoms with Crippen molar-refractivity contribution in [1.29, 1.82) is 0 Å². The second-order valence-corrected chi connectivity index (χ2v) is 8.48. The Morgan fingerprint density at radius 2 is 2.03 bits per heavy atom. The lowest BCUT2D eigenvalue weighted by atomic mass is 9.89. The highest BCUT2D eigenvalue weighted by atomic mass is 19.1. The molecule has 3 rings (SSSR count). The minimum absolute atomic E-state index is 0.194. The molecule has 1 aliphatic rings. The second kappa shape index (κ2) is 11.3. The van der Waals surface area contributed by atoms with Gasteiger partial charge in [-0.2, -0.15) is 0 Å². The van der Waals surface area contributed by atoms with Gasteiger partial charge in [0.25, 0.3) is 0 Å². The van der Waals surface area contributed by atoms with E-state index in [1.807, 2.05) is 12.1 Å². The topological polar surface area (TPSA) is 28.4 Å². The summed E-state index contributed by atoms with van der Waals surface area (Å²) >= 11 is 0. The van der Waals surface area contributed by atoms with Gasteiger partial charge in [0.15, 0.2) is 0 Å². The van der Waals surface area contributed by atoms with Gasteiger partial charge >= 0.3 is 0 Å². The molecule has 1 N–H and O–H groups in total. The molecular weight excluding hydrogens is 363 g/mol. The molecule has 1 atom stereocenters. The van der Waals surface area contributed by atoms with Crippen molar-refractivity contribution in [3.05, 3.63) is 72.3 Å². The molecule has 1 fully saturated rings. The van der Waals surface area contributed by atoms with Crippen LogP contribution in [-0.2, 0) is 13.1 Å². The maximum atomic E-state index is 13.6. The zero-order chi connectivity index (χ0) is 20.5. The molecule has 0 unspecified atom stereocenters. The van der Waals surface area contributed by atoms with Gasteiger partial charge in [-0.1, -0.05) is 37.5 Å². The van der Waals surface area contributed by atoms with Gasteiger partial charge in [0, 0.05) is 38.1 Å². The number of halogens is 1. The molecule has 4 heteroatoms. The molecule has 0 amide bonds. The van der Waals surface area contributed by atoms with Crippen LogP contribution in [0.5, 0.6) is 0 Å². The summed E-state index contributed by atoms with van der Waals surface area (Å²) in [6.45, 7) is 6.97. The third-order valence-corrected chi connectivity index (χ3v) is 5.97. The Bertz CT molecular complexity index is 751. The van der Waals surface area contributed by atoms with Crippen LogP contribution in [0.4, 0.5) is 4.39 Å². The van der Waals surface area contributed by atoms with E-state index in [-0.39, 0.29) is 11.9 Å². The average Bonchev–Trinajstić information content (AvgIpc) is 3.13. The van der Waals surface area contributed by atoms with Gasteiger partial charge in [-0.25, -0.2) is 4.39 Å². The van der Waals surface area contributed by atoms with Crippen LogP contribution in [0, 0.1) is 11.7 Å². The van der Waals surface area contributed by atoms with E-state index in [1.165, 1.54) is 43.9 Å². The van der Waals surface area contributed by atoms with Gasteiger partial charge in [0.2, 0.25) is 0 Å². The molecular formula is C25H35FN2O. The Morgan fingerprint density at radius 3 is 2.79 bits per heavy atom. The van der Waals surface area contributed by atoms with Crippen LogP contribution in [0.2, 0.25) is 0 Å². The van der Waals surface area contributed by atoms with Crippen molar-refractivity contribution in [1.82, 2.24) is 9.47 Å². The van der Waals surface area contributed by atoms with Crippen LogP contribution in [-0.4, -0.2) is 33.8 Å². The fraction of sp³-hybridized carbons (Fsp3) is 0.520. The molecule has 0 spiro atoms. The average molecular weight is 399 g/mol. The second-order valence-electron chi connectivity index (χ2n) is 8.48. The molecule has 158 valence electrons. The van der Waals surface area contributed by atoms with Crippen LogP contribution in [0.15, 0.2) is 55.3 Å². The molecule has 0 saturated heterocycles. The Labute approximate surface area is 174 Å². The number of rotatable bonds is 11. The largest absolute Gasteiger partial charge is 0.392 e. The Kier molecular flexibility index (Phi) is 8.51. The van der Waals surface area contributed by atoms with Crippen LogP contribution in [0.25, 0.3) is 0 Å². The van der Waals surface area contributed by atoms with Crippen molar-refractivity contribution in [3.63, 3.8) is 0 Å². The van der Waals surface area contributed by atoms with Crippen molar-refractivity contribution in [2.24, 2.45) is 5.92 Å². The van der Waals surface area contributed by atoms with Crippen molar-refractivity contribution in [3.8, 4) is 0 Å². The maximum absolute atomic E-state index is 13.6. The maximum Gasteiger partial charge on any atom is 0.123 e. The molecule has 29 heavy (non-hydrogen) atoms. The lowest BCUT2D eigenvalue weighted by Crippen LogP contribution is -2.36. The summed E-state index contributed by atoms with van der Waals surface area (Å²) in [6, 6.07) is 11.0. The summed E-state index contributed by atoms with van der Waals surface area (Å²) in [5.74, 6) is 0.530. The SMILES string of the molecule is C=CCC[C@@H](O)CN(Cc1cccn1Cc1cccc(F)c1)CC1CCCCC1. The highest BCUT2D eigenvalue weighted by Gasteiger charge is 2.20. The van der Waals surface area contributed by atoms with Gasteiger partial charge in [0.05, 0.1) is 6.10 Å². The first-order chi connectivity index (χ1) is 14.1. The van der Waals surface area contributed by atoms with E-state index in [9.17, 15) is 9.50 Å². The highest BCUT2D eigenvalue weighted by molar-refractivity contribution is 5.19. The van der Waals surface area contributed by atoms with Gasteiger partial charge < -0.3 is 9.67 Å². The number of hydrogen-bond acceptors (Lipinski definition) is 2. The minimum Gasteiger partial charge on any atom is -0.392 e. The molecule has 3 nitrogen and oxygen atoms in total. The standard InChI is InChI=1S/C25H35FN2O/c1-2-3-14-25(29)20-27(17-21-9-5-4-6-10-21)19-24-13-8-15-28(24)18-22-11-7-12-23(26)16-22/h2,7-8,11-13,15-16,21,25,29H,1,3-6,9-10,14,17-20H2/t25-/m1/s1. The number of aliphatic hydroxyl groups excluding tert-OH is 1. The van der Waals surface area contributed by atoms with Gasteiger partial charge in [-0.15, -0.1) is 6.58 Å². The molecule has 2 aromatic rings. The lowest BCUT2D eigenvalue weighted by molar-refractivity contribution is 0.0864. The van der Waals surface area contributed by atoms with Crippen LogP contribution >= 0.6 is 0 Å². The van der Waals surface area contributed by atoms with Crippen LogP contribution in [0.3, 0.4) is 0 Å². The summed E-state index contributed by atoms with van der Waals surface area (Å²) in [5, 5.41) is 10.5. The van der Waals surface area contributed by atoms with E-state index in [4.69, 9.17) is 0 Å². The zero-order valence-corrected chi connectivity index (χ0v) is 17.5. The highest BCUT2D eigenvalue weighted by Crippen LogP contribution is 2.25. The molecule has 1 aromatic carbocycles. The van der Waals surface area contributed by atoms with Gasteiger partial charge in [-0.05, 0) is 61.4 Å². The van der Waals surface area contributed by atoms with E-state index in [1.54, 1.807) is 12.1 Å². The van der Waals surface area contributed by atoms with E-state index in [2.05, 4.69) is 34.4 Å². The Hall–Kier alpha value is -1.91. The summed E-state index contributed by atoms with van der Waals surface area (Å²) in [6.07, 6.45) is 11.8. The first-order valence-corrected chi connectivity index (χ1v) is 11.0.